The fourth-order valence-corrected chi connectivity index (χ4v) is 3.09. The Hall–Kier alpha value is -1.86. The van der Waals surface area contributed by atoms with Crippen LogP contribution in [-0.2, 0) is 23.6 Å². The van der Waals surface area contributed by atoms with Crippen molar-refractivity contribution in [1.82, 2.24) is 14.5 Å². The molecular formula is C13H17N3O3S. The van der Waals surface area contributed by atoms with E-state index in [0.29, 0.717) is 0 Å². The van der Waals surface area contributed by atoms with E-state index in [1.165, 1.54) is 12.1 Å². The Morgan fingerprint density at radius 3 is 2.50 bits per heavy atom. The molecule has 0 aliphatic rings. The molecule has 0 aliphatic carbocycles. The van der Waals surface area contributed by atoms with Crippen LogP contribution in [0.5, 0.6) is 5.75 Å². The molecule has 0 unspecified atom stereocenters. The Kier molecular flexibility index (Phi) is 3.82. The number of hydrogen-bond donors (Lipinski definition) is 2. The molecule has 0 aliphatic heterocycles. The van der Waals surface area contributed by atoms with E-state index in [2.05, 4.69) is 9.82 Å². The number of aromatic hydroxyl groups is 1. The van der Waals surface area contributed by atoms with Crippen molar-refractivity contribution in [3.8, 4) is 5.75 Å². The summed E-state index contributed by atoms with van der Waals surface area (Å²) in [6.07, 6.45) is 0. The van der Waals surface area contributed by atoms with E-state index in [1.807, 2.05) is 20.9 Å². The number of phenolic OH excluding ortho intramolecular Hbond substituents is 1. The van der Waals surface area contributed by atoms with E-state index in [4.69, 9.17) is 0 Å². The lowest BCUT2D eigenvalue weighted by Crippen LogP contribution is -2.23. The fraction of sp³-hybridized carbons (Fsp3) is 0.308. The highest BCUT2D eigenvalue weighted by atomic mass is 32.2. The Bertz CT molecular complexity index is 735. The number of aryl methyl sites for hydroxylation is 2. The minimum absolute atomic E-state index is 0.126. The van der Waals surface area contributed by atoms with E-state index in [0.717, 1.165) is 17.0 Å². The number of para-hydroxylation sites is 1. The minimum Gasteiger partial charge on any atom is -0.507 e. The number of aromatic nitrogens is 2. The number of sulfonamides is 1. The Balaban J connectivity index is 2.24. The van der Waals surface area contributed by atoms with E-state index >= 15 is 0 Å². The maximum absolute atomic E-state index is 12.2. The fourth-order valence-electron chi connectivity index (χ4n) is 2.00. The number of nitrogens with zero attached hydrogens (tertiary/aromatic N) is 2. The smallest absolute Gasteiger partial charge is 0.244 e. The zero-order valence-corrected chi connectivity index (χ0v) is 12.4. The highest BCUT2D eigenvalue weighted by molar-refractivity contribution is 7.89. The first kappa shape index (κ1) is 14.5. The third-order valence-electron chi connectivity index (χ3n) is 3.25. The average molecular weight is 295 g/mol. The first-order chi connectivity index (χ1) is 9.33. The molecule has 0 amide bonds. The van der Waals surface area contributed by atoms with Crippen LogP contribution in [0.1, 0.15) is 17.0 Å². The van der Waals surface area contributed by atoms with Gasteiger partial charge in [0.05, 0.1) is 5.69 Å². The predicted molar refractivity (Wildman–Crippen MR) is 74.8 cm³/mol. The maximum Gasteiger partial charge on any atom is 0.244 e. The molecular weight excluding hydrogens is 278 g/mol. The van der Waals surface area contributed by atoms with Gasteiger partial charge in [0, 0.05) is 24.8 Å². The lowest BCUT2D eigenvalue weighted by atomic mass is 10.2. The number of nitrogens with one attached hydrogen (secondary N) is 1. The van der Waals surface area contributed by atoms with Crippen molar-refractivity contribution in [3.63, 3.8) is 0 Å². The topological polar surface area (TPSA) is 84.2 Å². The Morgan fingerprint density at radius 2 is 1.95 bits per heavy atom. The van der Waals surface area contributed by atoms with Crippen LogP contribution in [0.25, 0.3) is 0 Å². The van der Waals surface area contributed by atoms with E-state index in [-0.39, 0.29) is 17.2 Å². The largest absolute Gasteiger partial charge is 0.507 e. The van der Waals surface area contributed by atoms with E-state index in [9.17, 15) is 13.5 Å². The van der Waals surface area contributed by atoms with Crippen molar-refractivity contribution in [2.45, 2.75) is 25.3 Å². The number of phenols is 1. The molecule has 6 nitrogen and oxygen atoms in total. The number of rotatable bonds is 4. The summed E-state index contributed by atoms with van der Waals surface area (Å²) in [5.74, 6) is -0.264. The SMILES string of the molecule is Cc1nn(C)c(C)c1CNS(=O)(=O)c1ccccc1O. The zero-order valence-electron chi connectivity index (χ0n) is 11.6. The molecule has 0 bridgehead atoms. The molecule has 0 saturated heterocycles. The van der Waals surface area contributed by atoms with Crippen LogP contribution in [0.4, 0.5) is 0 Å². The molecule has 0 fully saturated rings. The second-order valence-electron chi connectivity index (χ2n) is 4.57. The summed E-state index contributed by atoms with van der Waals surface area (Å²) in [5, 5.41) is 13.9. The predicted octanol–water partition coefficient (Wildman–Crippen LogP) is 1.22. The molecule has 0 saturated carbocycles. The summed E-state index contributed by atoms with van der Waals surface area (Å²) in [4.78, 5) is -0.126. The van der Waals surface area contributed by atoms with Gasteiger partial charge in [0.2, 0.25) is 10.0 Å². The van der Waals surface area contributed by atoms with Crippen molar-refractivity contribution in [2.24, 2.45) is 7.05 Å². The van der Waals surface area contributed by atoms with E-state index < -0.39 is 10.0 Å². The van der Waals surface area contributed by atoms with Crippen LogP contribution in [0.15, 0.2) is 29.2 Å². The molecule has 7 heteroatoms. The minimum atomic E-state index is -3.75. The summed E-state index contributed by atoms with van der Waals surface area (Å²) in [6, 6.07) is 5.84. The van der Waals surface area contributed by atoms with Crippen molar-refractivity contribution < 1.29 is 13.5 Å². The highest BCUT2D eigenvalue weighted by Crippen LogP contribution is 2.21. The summed E-state index contributed by atoms with van der Waals surface area (Å²) >= 11 is 0. The molecule has 20 heavy (non-hydrogen) atoms. The van der Waals surface area contributed by atoms with Gasteiger partial charge in [-0.3, -0.25) is 4.68 Å². The van der Waals surface area contributed by atoms with Gasteiger partial charge < -0.3 is 5.11 Å². The standard InChI is InChI=1S/C13H17N3O3S/c1-9-11(10(2)16(3)15-9)8-14-20(18,19)13-7-5-4-6-12(13)17/h4-7,14,17H,8H2,1-3H3. The third kappa shape index (κ3) is 2.68. The summed E-state index contributed by atoms with van der Waals surface area (Å²) in [6.45, 7) is 3.85. The second kappa shape index (κ2) is 5.26. The van der Waals surface area contributed by atoms with Crippen LogP contribution >= 0.6 is 0 Å². The molecule has 0 spiro atoms. The van der Waals surface area contributed by atoms with Gasteiger partial charge in [0.25, 0.3) is 0 Å². The van der Waals surface area contributed by atoms with Gasteiger partial charge in [-0.1, -0.05) is 12.1 Å². The number of benzene rings is 1. The normalized spacial score (nSPS) is 11.8. The van der Waals surface area contributed by atoms with Crippen LogP contribution in [0.2, 0.25) is 0 Å². The molecule has 2 aromatic rings. The lowest BCUT2D eigenvalue weighted by molar-refractivity contribution is 0.458. The molecule has 108 valence electrons. The van der Waals surface area contributed by atoms with Gasteiger partial charge in [-0.05, 0) is 26.0 Å². The van der Waals surface area contributed by atoms with Crippen molar-refractivity contribution in [1.29, 1.82) is 0 Å². The quantitative estimate of drug-likeness (QED) is 0.888. The Labute approximate surface area is 118 Å². The first-order valence-corrected chi connectivity index (χ1v) is 7.58. The van der Waals surface area contributed by atoms with Crippen LogP contribution in [0.3, 0.4) is 0 Å². The summed E-state index contributed by atoms with van der Waals surface area (Å²) in [5.41, 5.74) is 2.53. The van der Waals surface area contributed by atoms with Gasteiger partial charge in [-0.2, -0.15) is 5.10 Å². The van der Waals surface area contributed by atoms with Gasteiger partial charge in [0.15, 0.2) is 0 Å². The number of hydrogen-bond acceptors (Lipinski definition) is 4. The van der Waals surface area contributed by atoms with Crippen LogP contribution < -0.4 is 4.72 Å². The van der Waals surface area contributed by atoms with Crippen LogP contribution in [-0.4, -0.2) is 23.3 Å². The second-order valence-corrected chi connectivity index (χ2v) is 6.30. The summed E-state index contributed by atoms with van der Waals surface area (Å²) < 4.78 is 28.5. The molecule has 1 aromatic heterocycles. The maximum atomic E-state index is 12.2. The van der Waals surface area contributed by atoms with Gasteiger partial charge in [-0.15, -0.1) is 0 Å². The van der Waals surface area contributed by atoms with Gasteiger partial charge in [-0.25, -0.2) is 13.1 Å². The highest BCUT2D eigenvalue weighted by Gasteiger charge is 2.19. The molecule has 0 radical (unpaired) electrons. The third-order valence-corrected chi connectivity index (χ3v) is 4.70. The molecule has 1 aromatic carbocycles. The Morgan fingerprint density at radius 1 is 1.30 bits per heavy atom. The van der Waals surface area contributed by atoms with E-state index in [1.54, 1.807) is 16.8 Å². The lowest BCUT2D eigenvalue weighted by Gasteiger charge is -2.08. The first-order valence-electron chi connectivity index (χ1n) is 6.09. The van der Waals surface area contributed by atoms with Crippen LogP contribution in [0, 0.1) is 13.8 Å². The molecule has 2 rings (SSSR count). The average Bonchev–Trinajstić information content (AvgIpc) is 2.61. The van der Waals surface area contributed by atoms with Crippen molar-refractivity contribution >= 4 is 10.0 Å². The molecule has 1 heterocycles. The van der Waals surface area contributed by atoms with Crippen molar-refractivity contribution in [2.75, 3.05) is 0 Å². The van der Waals surface area contributed by atoms with Gasteiger partial charge in [0.1, 0.15) is 10.6 Å². The van der Waals surface area contributed by atoms with Crippen molar-refractivity contribution in [3.05, 3.63) is 41.2 Å². The summed E-state index contributed by atoms with van der Waals surface area (Å²) in [7, 11) is -1.94. The zero-order chi connectivity index (χ0) is 14.9. The molecule has 2 N–H and O–H groups in total. The molecule has 0 atom stereocenters. The van der Waals surface area contributed by atoms with Gasteiger partial charge >= 0.3 is 0 Å². The monoisotopic (exact) mass is 295 g/mol.